The molecule has 0 radical (unpaired) electrons. The lowest BCUT2D eigenvalue weighted by Gasteiger charge is -2.09. The molecule has 3 N–H and O–H groups in total. The maximum Gasteiger partial charge on any atom is 0.143 e. The third kappa shape index (κ3) is 1.83. The molecule has 1 rings (SSSR count). The van der Waals surface area contributed by atoms with Crippen LogP contribution in [0.2, 0.25) is 0 Å². The Kier molecular flexibility index (Phi) is 3.20. The summed E-state index contributed by atoms with van der Waals surface area (Å²) < 4.78 is 13.5. The van der Waals surface area contributed by atoms with Crippen molar-refractivity contribution in [2.75, 3.05) is 6.54 Å². The first-order valence-electron chi connectivity index (χ1n) is 3.49. The molecule has 1 aromatic carbocycles. The van der Waals surface area contributed by atoms with E-state index in [9.17, 15) is 9.50 Å². The zero-order chi connectivity index (χ0) is 9.14. The number of hydrogen-bond acceptors (Lipinski definition) is 2. The Morgan fingerprint density at radius 3 is 2.83 bits per heavy atom. The van der Waals surface area contributed by atoms with E-state index in [-0.39, 0.29) is 12.1 Å². The lowest BCUT2D eigenvalue weighted by molar-refractivity contribution is 0.181. The monoisotopic (exact) mass is 233 g/mol. The largest absolute Gasteiger partial charge is 0.387 e. The van der Waals surface area contributed by atoms with Gasteiger partial charge in [-0.2, -0.15) is 0 Å². The van der Waals surface area contributed by atoms with E-state index < -0.39 is 11.9 Å². The van der Waals surface area contributed by atoms with Crippen molar-refractivity contribution in [1.29, 1.82) is 0 Å². The third-order valence-electron chi connectivity index (χ3n) is 1.56. The Labute approximate surface area is 78.3 Å². The molecule has 0 saturated heterocycles. The first-order valence-corrected chi connectivity index (χ1v) is 4.28. The van der Waals surface area contributed by atoms with Crippen LogP contribution in [0.25, 0.3) is 0 Å². The van der Waals surface area contributed by atoms with Crippen LogP contribution in [0.3, 0.4) is 0 Å². The van der Waals surface area contributed by atoms with Crippen LogP contribution >= 0.6 is 15.9 Å². The number of benzene rings is 1. The summed E-state index contributed by atoms with van der Waals surface area (Å²) in [5, 5.41) is 9.25. The summed E-state index contributed by atoms with van der Waals surface area (Å²) >= 11 is 3.02. The fraction of sp³-hybridized carbons (Fsp3) is 0.250. The van der Waals surface area contributed by atoms with Crippen molar-refractivity contribution < 1.29 is 9.50 Å². The second-order valence-electron chi connectivity index (χ2n) is 2.39. The number of aliphatic hydroxyl groups is 1. The SMILES string of the molecule is NC[C@H](O)c1cccc(Br)c1F. The molecule has 4 heteroatoms. The second kappa shape index (κ2) is 3.98. The summed E-state index contributed by atoms with van der Waals surface area (Å²) in [5.74, 6) is -0.449. The molecule has 0 aliphatic rings. The molecule has 0 saturated carbocycles. The Morgan fingerprint density at radius 1 is 1.58 bits per heavy atom. The number of hydrogen-bond donors (Lipinski definition) is 2. The van der Waals surface area contributed by atoms with Gasteiger partial charge in [-0.3, -0.25) is 0 Å². The van der Waals surface area contributed by atoms with Crippen molar-refractivity contribution >= 4 is 15.9 Å². The first-order chi connectivity index (χ1) is 5.66. The van der Waals surface area contributed by atoms with Gasteiger partial charge in [0.2, 0.25) is 0 Å². The molecule has 0 bridgehead atoms. The minimum absolute atomic E-state index is 0.0212. The zero-order valence-electron chi connectivity index (χ0n) is 6.30. The molecule has 12 heavy (non-hydrogen) atoms. The van der Waals surface area contributed by atoms with E-state index in [1.807, 2.05) is 0 Å². The van der Waals surface area contributed by atoms with Gasteiger partial charge in [0, 0.05) is 12.1 Å². The van der Waals surface area contributed by atoms with E-state index >= 15 is 0 Å². The molecule has 0 aliphatic heterocycles. The second-order valence-corrected chi connectivity index (χ2v) is 3.25. The van der Waals surface area contributed by atoms with E-state index in [0.717, 1.165) is 0 Å². The van der Waals surface area contributed by atoms with Crippen LogP contribution in [0.5, 0.6) is 0 Å². The van der Waals surface area contributed by atoms with E-state index in [0.29, 0.717) is 4.47 Å². The van der Waals surface area contributed by atoms with Crippen molar-refractivity contribution in [3.05, 3.63) is 34.1 Å². The molecule has 0 aromatic heterocycles. The molecule has 2 nitrogen and oxygen atoms in total. The van der Waals surface area contributed by atoms with Crippen LogP contribution in [-0.4, -0.2) is 11.7 Å². The number of rotatable bonds is 2. The highest BCUT2D eigenvalue weighted by molar-refractivity contribution is 9.10. The van der Waals surface area contributed by atoms with Crippen molar-refractivity contribution in [3.8, 4) is 0 Å². The summed E-state index contributed by atoms with van der Waals surface area (Å²) in [6, 6.07) is 4.74. The summed E-state index contributed by atoms with van der Waals surface area (Å²) in [4.78, 5) is 0. The van der Waals surface area contributed by atoms with Gasteiger partial charge in [0.25, 0.3) is 0 Å². The van der Waals surface area contributed by atoms with E-state index in [1.54, 1.807) is 12.1 Å². The van der Waals surface area contributed by atoms with Gasteiger partial charge in [0.05, 0.1) is 10.6 Å². The Balaban J connectivity index is 3.07. The molecule has 0 heterocycles. The standard InChI is InChI=1S/C8H9BrFNO/c9-6-3-1-2-5(8(6)10)7(12)4-11/h1-3,7,12H,4,11H2/t7-/m0/s1. The molecule has 0 amide bonds. The summed E-state index contributed by atoms with van der Waals surface area (Å²) in [5.41, 5.74) is 5.42. The lowest BCUT2D eigenvalue weighted by atomic mass is 10.1. The average molecular weight is 234 g/mol. The van der Waals surface area contributed by atoms with Crippen LogP contribution in [0.1, 0.15) is 11.7 Å². The Hall–Kier alpha value is -0.450. The molecule has 0 unspecified atom stereocenters. The van der Waals surface area contributed by atoms with Gasteiger partial charge in [-0.05, 0) is 22.0 Å². The van der Waals surface area contributed by atoms with Crippen LogP contribution in [0.4, 0.5) is 4.39 Å². The highest BCUT2D eigenvalue weighted by atomic mass is 79.9. The fourth-order valence-electron chi connectivity index (χ4n) is 0.905. The Bertz CT molecular complexity index is 280. The number of halogens is 2. The van der Waals surface area contributed by atoms with Crippen molar-refractivity contribution in [2.24, 2.45) is 5.73 Å². The minimum Gasteiger partial charge on any atom is -0.387 e. The fourth-order valence-corrected chi connectivity index (χ4v) is 1.29. The summed E-state index contributed by atoms with van der Waals surface area (Å²) in [6.45, 7) is 0.0212. The smallest absolute Gasteiger partial charge is 0.143 e. The van der Waals surface area contributed by atoms with E-state index in [1.165, 1.54) is 6.07 Å². The maximum absolute atomic E-state index is 13.2. The minimum atomic E-state index is -0.928. The Morgan fingerprint density at radius 2 is 2.25 bits per heavy atom. The predicted molar refractivity (Wildman–Crippen MR) is 48.1 cm³/mol. The van der Waals surface area contributed by atoms with Crippen LogP contribution in [-0.2, 0) is 0 Å². The van der Waals surface area contributed by atoms with Gasteiger partial charge in [-0.25, -0.2) is 4.39 Å². The van der Waals surface area contributed by atoms with Crippen LogP contribution < -0.4 is 5.73 Å². The van der Waals surface area contributed by atoms with Gasteiger partial charge in [-0.1, -0.05) is 12.1 Å². The molecule has 1 aromatic rings. The van der Waals surface area contributed by atoms with E-state index in [4.69, 9.17) is 5.73 Å². The van der Waals surface area contributed by atoms with Crippen LogP contribution in [0.15, 0.2) is 22.7 Å². The van der Waals surface area contributed by atoms with Crippen molar-refractivity contribution in [1.82, 2.24) is 0 Å². The lowest BCUT2D eigenvalue weighted by Crippen LogP contribution is -2.13. The van der Waals surface area contributed by atoms with Gasteiger partial charge in [-0.15, -0.1) is 0 Å². The molecule has 0 fully saturated rings. The highest BCUT2D eigenvalue weighted by Crippen LogP contribution is 2.22. The molecular formula is C8H9BrFNO. The zero-order valence-corrected chi connectivity index (χ0v) is 7.88. The van der Waals surface area contributed by atoms with E-state index in [2.05, 4.69) is 15.9 Å². The summed E-state index contributed by atoms with van der Waals surface area (Å²) in [7, 11) is 0. The third-order valence-corrected chi connectivity index (χ3v) is 2.18. The van der Waals surface area contributed by atoms with Gasteiger partial charge >= 0.3 is 0 Å². The molecule has 1 atom stereocenters. The highest BCUT2D eigenvalue weighted by Gasteiger charge is 2.12. The topological polar surface area (TPSA) is 46.2 Å². The van der Waals surface area contributed by atoms with Gasteiger partial charge in [0.15, 0.2) is 0 Å². The summed E-state index contributed by atoms with van der Waals surface area (Å²) in [6.07, 6.45) is -0.928. The normalized spacial score (nSPS) is 13.0. The predicted octanol–water partition coefficient (Wildman–Crippen LogP) is 1.58. The van der Waals surface area contributed by atoms with Crippen molar-refractivity contribution in [3.63, 3.8) is 0 Å². The first kappa shape index (κ1) is 9.64. The van der Waals surface area contributed by atoms with Gasteiger partial charge in [0.1, 0.15) is 5.82 Å². The maximum atomic E-state index is 13.2. The molecule has 0 spiro atoms. The van der Waals surface area contributed by atoms with Gasteiger partial charge < -0.3 is 10.8 Å². The van der Waals surface area contributed by atoms with Crippen molar-refractivity contribution in [2.45, 2.75) is 6.10 Å². The quantitative estimate of drug-likeness (QED) is 0.815. The average Bonchev–Trinajstić information content (AvgIpc) is 2.08. The number of aliphatic hydroxyl groups excluding tert-OH is 1. The molecular weight excluding hydrogens is 225 g/mol. The molecule has 66 valence electrons. The molecule has 0 aliphatic carbocycles. The number of nitrogens with two attached hydrogens (primary N) is 1. The van der Waals surface area contributed by atoms with Crippen LogP contribution in [0, 0.1) is 5.82 Å².